The van der Waals surface area contributed by atoms with Gasteiger partial charge in [0.1, 0.15) is 11.9 Å². The lowest BCUT2D eigenvalue weighted by Crippen LogP contribution is -2.43. The second-order valence-electron chi connectivity index (χ2n) is 7.06. The molecule has 30 heavy (non-hydrogen) atoms. The number of nitrogens with zero attached hydrogens (tertiary/aromatic N) is 1. The number of para-hydroxylation sites is 1. The van der Waals surface area contributed by atoms with E-state index in [0.29, 0.717) is 22.8 Å². The minimum atomic E-state index is -0.496. The highest BCUT2D eigenvalue weighted by atomic mass is 16.5. The zero-order valence-corrected chi connectivity index (χ0v) is 17.4. The van der Waals surface area contributed by atoms with Gasteiger partial charge in [-0.1, -0.05) is 24.3 Å². The number of amides is 1. The summed E-state index contributed by atoms with van der Waals surface area (Å²) in [4.78, 5) is 15.3. The summed E-state index contributed by atoms with van der Waals surface area (Å²) in [5.74, 6) is 1.63. The normalized spacial score (nSPS) is 15.3. The van der Waals surface area contributed by atoms with Crippen LogP contribution in [0.1, 0.15) is 27.7 Å². The third-order valence-corrected chi connectivity index (χ3v) is 5.24. The van der Waals surface area contributed by atoms with Crippen LogP contribution >= 0.6 is 0 Å². The van der Waals surface area contributed by atoms with Gasteiger partial charge in [0.2, 0.25) is 0 Å². The first-order chi connectivity index (χ1) is 14.6. The lowest BCUT2D eigenvalue weighted by molar-refractivity contribution is 0.0974. The van der Waals surface area contributed by atoms with E-state index < -0.39 is 6.17 Å². The van der Waals surface area contributed by atoms with Gasteiger partial charge in [-0.3, -0.25) is 9.69 Å². The summed E-state index contributed by atoms with van der Waals surface area (Å²) >= 11 is 0. The van der Waals surface area contributed by atoms with Crippen LogP contribution in [0.5, 0.6) is 17.2 Å². The largest absolute Gasteiger partial charge is 0.496 e. The topological polar surface area (TPSA) is 60.0 Å². The first kappa shape index (κ1) is 19.6. The molecule has 0 fully saturated rings. The van der Waals surface area contributed by atoms with Crippen molar-refractivity contribution in [2.45, 2.75) is 13.1 Å². The molecule has 6 nitrogen and oxygen atoms in total. The van der Waals surface area contributed by atoms with Crippen molar-refractivity contribution in [3.05, 3.63) is 77.4 Å². The van der Waals surface area contributed by atoms with E-state index in [1.54, 1.807) is 32.3 Å². The molecule has 0 bridgehead atoms. The number of carbonyl (C=O) groups is 1. The smallest absolute Gasteiger partial charge is 0.262 e. The van der Waals surface area contributed by atoms with E-state index in [0.717, 1.165) is 22.5 Å². The number of fused-ring (bicyclic) bond motifs is 1. The maximum absolute atomic E-state index is 13.6. The van der Waals surface area contributed by atoms with Crippen molar-refractivity contribution >= 4 is 17.3 Å². The quantitative estimate of drug-likeness (QED) is 0.662. The fourth-order valence-electron chi connectivity index (χ4n) is 3.78. The molecule has 154 valence electrons. The van der Waals surface area contributed by atoms with Crippen LogP contribution in [0.15, 0.2) is 60.7 Å². The number of methoxy groups -OCH3 is 3. The van der Waals surface area contributed by atoms with Gasteiger partial charge in [-0.2, -0.15) is 0 Å². The van der Waals surface area contributed by atoms with Crippen molar-refractivity contribution in [3.8, 4) is 17.2 Å². The van der Waals surface area contributed by atoms with Gasteiger partial charge in [0.05, 0.1) is 26.9 Å². The molecule has 0 saturated carbocycles. The average Bonchev–Trinajstić information content (AvgIpc) is 2.78. The third-order valence-electron chi connectivity index (χ3n) is 5.24. The Morgan fingerprint density at radius 2 is 1.53 bits per heavy atom. The number of nitrogens with one attached hydrogen (secondary N) is 1. The molecule has 1 amide bonds. The summed E-state index contributed by atoms with van der Waals surface area (Å²) < 4.78 is 16.6. The lowest BCUT2D eigenvalue weighted by atomic mass is 10.0. The first-order valence-corrected chi connectivity index (χ1v) is 9.63. The van der Waals surface area contributed by atoms with Crippen LogP contribution < -0.4 is 24.4 Å². The van der Waals surface area contributed by atoms with Crippen molar-refractivity contribution in [1.82, 2.24) is 0 Å². The molecule has 0 saturated heterocycles. The summed E-state index contributed by atoms with van der Waals surface area (Å²) in [7, 11) is 4.76. The summed E-state index contributed by atoms with van der Waals surface area (Å²) in [6.45, 7) is 2.01. The Balaban J connectivity index is 1.93. The first-order valence-electron chi connectivity index (χ1n) is 9.63. The number of aryl methyl sites for hydroxylation is 1. The van der Waals surface area contributed by atoms with Crippen LogP contribution in [-0.4, -0.2) is 27.2 Å². The Kier molecular flexibility index (Phi) is 5.23. The highest BCUT2D eigenvalue weighted by Crippen LogP contribution is 2.43. The van der Waals surface area contributed by atoms with Gasteiger partial charge in [-0.15, -0.1) is 0 Å². The van der Waals surface area contributed by atoms with Gasteiger partial charge >= 0.3 is 0 Å². The number of rotatable bonds is 5. The average molecular weight is 404 g/mol. The van der Waals surface area contributed by atoms with Crippen molar-refractivity contribution < 1.29 is 19.0 Å². The Morgan fingerprint density at radius 1 is 0.833 bits per heavy atom. The third kappa shape index (κ3) is 3.30. The molecule has 0 aromatic heterocycles. The van der Waals surface area contributed by atoms with Crippen molar-refractivity contribution in [3.63, 3.8) is 0 Å². The maximum Gasteiger partial charge on any atom is 0.262 e. The van der Waals surface area contributed by atoms with Crippen molar-refractivity contribution in [2.24, 2.45) is 0 Å². The molecule has 0 unspecified atom stereocenters. The van der Waals surface area contributed by atoms with Crippen molar-refractivity contribution in [1.29, 1.82) is 0 Å². The molecule has 4 rings (SSSR count). The molecule has 3 aromatic carbocycles. The zero-order valence-electron chi connectivity index (χ0n) is 17.4. The number of ether oxygens (including phenoxy) is 3. The second kappa shape index (κ2) is 7.99. The highest BCUT2D eigenvalue weighted by molar-refractivity contribution is 6.12. The van der Waals surface area contributed by atoms with E-state index in [1.165, 1.54) is 0 Å². The maximum atomic E-state index is 13.6. The lowest BCUT2D eigenvalue weighted by Gasteiger charge is -2.38. The van der Waals surface area contributed by atoms with Gasteiger partial charge < -0.3 is 19.5 Å². The number of anilines is 2. The monoisotopic (exact) mass is 404 g/mol. The molecule has 1 heterocycles. The SMILES string of the molecule is COc1cc(OC)c([C@H]2Nc3ccccc3C(=O)N2c2cccc(C)c2)cc1OC. The summed E-state index contributed by atoms with van der Waals surface area (Å²) in [6, 6.07) is 19.0. The molecule has 0 radical (unpaired) electrons. The second-order valence-corrected chi connectivity index (χ2v) is 7.06. The van der Waals surface area contributed by atoms with Crippen molar-refractivity contribution in [2.75, 3.05) is 31.5 Å². The standard InChI is InChI=1S/C24H24N2O4/c1-15-8-7-9-16(12-15)26-23(25-19-11-6-5-10-17(19)24(26)27)18-13-21(29-3)22(30-4)14-20(18)28-2/h5-14,23,25H,1-4H3/t23-/m0/s1. The van der Waals surface area contributed by atoms with Gasteiger partial charge in [0.15, 0.2) is 11.5 Å². The number of hydrogen-bond donors (Lipinski definition) is 1. The van der Waals surface area contributed by atoms with Crippen LogP contribution in [0.3, 0.4) is 0 Å². The Morgan fingerprint density at radius 3 is 2.23 bits per heavy atom. The van der Waals surface area contributed by atoms with E-state index in [9.17, 15) is 4.79 Å². The van der Waals surface area contributed by atoms with Gasteiger partial charge in [-0.25, -0.2) is 0 Å². The van der Waals surface area contributed by atoms with E-state index in [2.05, 4.69) is 5.32 Å². The van der Waals surface area contributed by atoms with E-state index in [4.69, 9.17) is 14.2 Å². The number of hydrogen-bond acceptors (Lipinski definition) is 5. The predicted octanol–water partition coefficient (Wildman–Crippen LogP) is 4.79. The molecule has 1 atom stereocenters. The molecule has 0 spiro atoms. The highest BCUT2D eigenvalue weighted by Gasteiger charge is 2.36. The summed E-state index contributed by atoms with van der Waals surface area (Å²) in [6.07, 6.45) is -0.496. The van der Waals surface area contributed by atoms with Crippen LogP contribution in [0.4, 0.5) is 11.4 Å². The molecule has 0 aliphatic carbocycles. The summed E-state index contributed by atoms with van der Waals surface area (Å²) in [5, 5.41) is 3.50. The zero-order chi connectivity index (χ0) is 21.3. The molecule has 1 N–H and O–H groups in total. The van der Waals surface area contributed by atoms with Gasteiger partial charge in [-0.05, 0) is 42.8 Å². The fourth-order valence-corrected chi connectivity index (χ4v) is 3.78. The van der Waals surface area contributed by atoms with Crippen LogP contribution in [0.2, 0.25) is 0 Å². The van der Waals surface area contributed by atoms with Crippen LogP contribution in [0.25, 0.3) is 0 Å². The Bertz CT molecular complexity index is 1100. The Labute approximate surface area is 176 Å². The van der Waals surface area contributed by atoms with E-state index in [-0.39, 0.29) is 5.91 Å². The molecule has 1 aliphatic heterocycles. The summed E-state index contributed by atoms with van der Waals surface area (Å²) in [5.41, 5.74) is 4.02. The van der Waals surface area contributed by atoms with E-state index in [1.807, 2.05) is 61.5 Å². The van der Waals surface area contributed by atoms with E-state index >= 15 is 0 Å². The van der Waals surface area contributed by atoms with Crippen LogP contribution in [-0.2, 0) is 0 Å². The molecule has 1 aliphatic rings. The molecular weight excluding hydrogens is 380 g/mol. The minimum Gasteiger partial charge on any atom is -0.496 e. The fraction of sp³-hybridized carbons (Fsp3) is 0.208. The van der Waals surface area contributed by atoms with Gasteiger partial charge in [0, 0.05) is 23.0 Å². The minimum absolute atomic E-state index is 0.0863. The number of benzene rings is 3. The Hall–Kier alpha value is -3.67. The molecule has 6 heteroatoms. The van der Waals surface area contributed by atoms with Crippen LogP contribution in [0, 0.1) is 6.92 Å². The molecular formula is C24H24N2O4. The number of carbonyl (C=O) groups excluding carboxylic acids is 1. The predicted molar refractivity (Wildman–Crippen MR) is 117 cm³/mol. The van der Waals surface area contributed by atoms with Gasteiger partial charge in [0.25, 0.3) is 5.91 Å². The molecule has 3 aromatic rings.